The molecule has 0 amide bonds. The van der Waals surface area contributed by atoms with Crippen LogP contribution in [0.5, 0.6) is 5.75 Å². The Balaban J connectivity index is 2.20. The van der Waals surface area contributed by atoms with Crippen LogP contribution in [0.1, 0.15) is 5.56 Å². The van der Waals surface area contributed by atoms with Crippen molar-refractivity contribution in [2.45, 2.75) is 6.92 Å². The molecule has 0 aliphatic heterocycles. The molecule has 5 heteroatoms. The Morgan fingerprint density at radius 3 is 2.62 bits per heavy atom. The van der Waals surface area contributed by atoms with Gasteiger partial charge in [-0.05, 0) is 42.8 Å². The molecule has 21 heavy (non-hydrogen) atoms. The molecular weight excluding hydrogens is 286 g/mol. The zero-order valence-electron chi connectivity index (χ0n) is 11.7. The van der Waals surface area contributed by atoms with Crippen LogP contribution in [0, 0.1) is 6.92 Å². The van der Waals surface area contributed by atoms with Gasteiger partial charge in [0, 0.05) is 10.9 Å². The maximum Gasteiger partial charge on any atom is 0.163 e. The number of rotatable bonds is 2. The minimum Gasteiger partial charge on any atom is -0.497 e. The number of nitrogens with two attached hydrogens (primary N) is 1. The number of aromatic nitrogens is 2. The largest absolute Gasteiger partial charge is 0.497 e. The maximum atomic E-state index is 6.27. The average molecular weight is 300 g/mol. The van der Waals surface area contributed by atoms with E-state index < -0.39 is 0 Å². The van der Waals surface area contributed by atoms with E-state index in [4.69, 9.17) is 22.1 Å². The Bertz CT molecular complexity index is 833. The van der Waals surface area contributed by atoms with Crippen molar-refractivity contribution in [3.8, 4) is 17.1 Å². The van der Waals surface area contributed by atoms with Gasteiger partial charge in [0.1, 0.15) is 11.6 Å². The molecule has 0 bridgehead atoms. The van der Waals surface area contributed by atoms with Crippen molar-refractivity contribution in [1.29, 1.82) is 0 Å². The van der Waals surface area contributed by atoms with E-state index in [9.17, 15) is 0 Å². The predicted molar refractivity (Wildman–Crippen MR) is 85.7 cm³/mol. The second kappa shape index (κ2) is 5.22. The van der Waals surface area contributed by atoms with Crippen LogP contribution < -0.4 is 10.5 Å². The monoisotopic (exact) mass is 299 g/mol. The van der Waals surface area contributed by atoms with E-state index in [-0.39, 0.29) is 0 Å². The molecule has 3 rings (SSSR count). The Morgan fingerprint density at radius 2 is 1.90 bits per heavy atom. The molecule has 0 saturated heterocycles. The van der Waals surface area contributed by atoms with Gasteiger partial charge in [-0.1, -0.05) is 17.7 Å². The fraction of sp³-hybridized carbons (Fsp3) is 0.125. The van der Waals surface area contributed by atoms with Gasteiger partial charge in [-0.2, -0.15) is 0 Å². The summed E-state index contributed by atoms with van der Waals surface area (Å²) in [6, 6.07) is 11.3. The van der Waals surface area contributed by atoms with Crippen molar-refractivity contribution in [3.63, 3.8) is 0 Å². The van der Waals surface area contributed by atoms with Crippen LogP contribution in [0.2, 0.25) is 5.02 Å². The maximum absolute atomic E-state index is 6.27. The predicted octanol–water partition coefficient (Wildman–Crippen LogP) is 3.85. The molecule has 1 heterocycles. The van der Waals surface area contributed by atoms with Gasteiger partial charge in [0.05, 0.1) is 17.6 Å². The number of halogens is 1. The smallest absolute Gasteiger partial charge is 0.163 e. The van der Waals surface area contributed by atoms with E-state index in [1.54, 1.807) is 7.11 Å². The summed E-state index contributed by atoms with van der Waals surface area (Å²) in [5.41, 5.74) is 8.66. The van der Waals surface area contributed by atoms with E-state index >= 15 is 0 Å². The lowest BCUT2D eigenvalue weighted by molar-refractivity contribution is 0.415. The van der Waals surface area contributed by atoms with Crippen molar-refractivity contribution >= 4 is 28.3 Å². The number of anilines is 1. The third-order valence-electron chi connectivity index (χ3n) is 3.30. The highest BCUT2D eigenvalue weighted by molar-refractivity contribution is 6.33. The number of hydrogen-bond acceptors (Lipinski definition) is 4. The standard InChI is InChI=1S/C16H14ClN3O/c1-9-3-5-11(13(17)7-9)16-19-14-6-4-10(21-2)8-12(14)15(18)20-16/h3-8H,1-2H3,(H2,18,19,20). The normalized spacial score (nSPS) is 10.8. The number of fused-ring (bicyclic) bond motifs is 1. The molecule has 0 fully saturated rings. The summed E-state index contributed by atoms with van der Waals surface area (Å²) >= 11 is 6.27. The SMILES string of the molecule is COc1ccc2nc(-c3ccc(C)cc3Cl)nc(N)c2c1. The van der Waals surface area contributed by atoms with Gasteiger partial charge in [0.25, 0.3) is 0 Å². The lowest BCUT2D eigenvalue weighted by Crippen LogP contribution is -1.98. The Kier molecular flexibility index (Phi) is 3.39. The van der Waals surface area contributed by atoms with Crippen molar-refractivity contribution in [1.82, 2.24) is 9.97 Å². The second-order valence-corrected chi connectivity index (χ2v) is 5.21. The third-order valence-corrected chi connectivity index (χ3v) is 3.61. The van der Waals surface area contributed by atoms with Crippen LogP contribution in [-0.2, 0) is 0 Å². The van der Waals surface area contributed by atoms with E-state index in [0.717, 1.165) is 27.8 Å². The molecule has 3 aromatic rings. The summed E-state index contributed by atoms with van der Waals surface area (Å²) in [5, 5.41) is 1.38. The Labute approximate surface area is 127 Å². The highest BCUT2D eigenvalue weighted by Crippen LogP contribution is 2.30. The summed E-state index contributed by atoms with van der Waals surface area (Å²) < 4.78 is 5.19. The fourth-order valence-corrected chi connectivity index (χ4v) is 2.50. The summed E-state index contributed by atoms with van der Waals surface area (Å²) in [7, 11) is 1.61. The molecule has 2 N–H and O–H groups in total. The molecule has 0 aliphatic carbocycles. The molecule has 0 atom stereocenters. The number of methoxy groups -OCH3 is 1. The van der Waals surface area contributed by atoms with E-state index in [2.05, 4.69) is 9.97 Å². The first-order valence-corrected chi connectivity index (χ1v) is 6.84. The van der Waals surface area contributed by atoms with E-state index in [0.29, 0.717) is 16.7 Å². The van der Waals surface area contributed by atoms with Crippen LogP contribution in [-0.4, -0.2) is 17.1 Å². The Morgan fingerprint density at radius 1 is 1.10 bits per heavy atom. The molecular formula is C16H14ClN3O. The molecule has 1 aromatic heterocycles. The lowest BCUT2D eigenvalue weighted by Gasteiger charge is -2.08. The zero-order valence-corrected chi connectivity index (χ0v) is 12.5. The van der Waals surface area contributed by atoms with Gasteiger partial charge in [-0.25, -0.2) is 9.97 Å². The minimum atomic E-state index is 0.408. The molecule has 0 radical (unpaired) electrons. The molecule has 0 spiro atoms. The molecule has 0 unspecified atom stereocenters. The molecule has 0 aliphatic rings. The topological polar surface area (TPSA) is 61.0 Å². The van der Waals surface area contributed by atoms with Gasteiger partial charge < -0.3 is 10.5 Å². The first-order chi connectivity index (χ1) is 10.1. The minimum absolute atomic E-state index is 0.408. The summed E-state index contributed by atoms with van der Waals surface area (Å²) in [6.07, 6.45) is 0. The molecule has 106 valence electrons. The van der Waals surface area contributed by atoms with E-state index in [1.807, 2.05) is 43.3 Å². The first kappa shape index (κ1) is 13.6. The van der Waals surface area contributed by atoms with E-state index in [1.165, 1.54) is 0 Å². The van der Waals surface area contributed by atoms with Crippen LogP contribution in [0.25, 0.3) is 22.3 Å². The number of ether oxygens (including phenoxy) is 1. The highest BCUT2D eigenvalue weighted by Gasteiger charge is 2.11. The lowest BCUT2D eigenvalue weighted by atomic mass is 10.1. The van der Waals surface area contributed by atoms with Gasteiger partial charge in [0.15, 0.2) is 5.82 Å². The van der Waals surface area contributed by atoms with Crippen LogP contribution in [0.4, 0.5) is 5.82 Å². The number of aryl methyl sites for hydroxylation is 1. The van der Waals surface area contributed by atoms with Crippen LogP contribution in [0.3, 0.4) is 0 Å². The number of nitrogen functional groups attached to an aromatic ring is 1. The van der Waals surface area contributed by atoms with Crippen molar-refractivity contribution < 1.29 is 4.74 Å². The zero-order chi connectivity index (χ0) is 15.0. The van der Waals surface area contributed by atoms with Gasteiger partial charge in [-0.3, -0.25) is 0 Å². The quantitative estimate of drug-likeness (QED) is 0.781. The van der Waals surface area contributed by atoms with Crippen LogP contribution in [0.15, 0.2) is 36.4 Å². The Hall–Kier alpha value is -2.33. The first-order valence-electron chi connectivity index (χ1n) is 6.46. The van der Waals surface area contributed by atoms with Gasteiger partial charge in [0.2, 0.25) is 0 Å². The van der Waals surface area contributed by atoms with Gasteiger partial charge in [-0.15, -0.1) is 0 Å². The average Bonchev–Trinajstić information content (AvgIpc) is 2.47. The summed E-state index contributed by atoms with van der Waals surface area (Å²) in [6.45, 7) is 1.98. The fourth-order valence-electron chi connectivity index (χ4n) is 2.18. The van der Waals surface area contributed by atoms with Gasteiger partial charge >= 0.3 is 0 Å². The number of benzene rings is 2. The van der Waals surface area contributed by atoms with Crippen molar-refractivity contribution in [2.75, 3.05) is 12.8 Å². The second-order valence-electron chi connectivity index (χ2n) is 4.80. The highest BCUT2D eigenvalue weighted by atomic mass is 35.5. The van der Waals surface area contributed by atoms with Crippen LogP contribution >= 0.6 is 11.6 Å². The number of nitrogens with zero attached hydrogens (tertiary/aromatic N) is 2. The third kappa shape index (κ3) is 2.50. The summed E-state index contributed by atoms with van der Waals surface area (Å²) in [5.74, 6) is 1.65. The summed E-state index contributed by atoms with van der Waals surface area (Å²) in [4.78, 5) is 8.91. The molecule has 2 aromatic carbocycles. The number of hydrogen-bond donors (Lipinski definition) is 1. The van der Waals surface area contributed by atoms with Crippen molar-refractivity contribution in [2.24, 2.45) is 0 Å². The van der Waals surface area contributed by atoms with Crippen molar-refractivity contribution in [3.05, 3.63) is 47.0 Å². The molecule has 0 saturated carbocycles. The molecule has 4 nitrogen and oxygen atoms in total.